The van der Waals surface area contributed by atoms with Crippen LogP contribution in [0.3, 0.4) is 0 Å². The number of halogens is 1. The van der Waals surface area contributed by atoms with E-state index in [0.29, 0.717) is 5.88 Å². The van der Waals surface area contributed by atoms with Gasteiger partial charge in [0.1, 0.15) is 0 Å². The van der Waals surface area contributed by atoms with E-state index >= 15 is 0 Å². The molecule has 0 saturated heterocycles. The Hall–Kier alpha value is -2.55. The lowest BCUT2D eigenvalue weighted by molar-refractivity contribution is 0.420. The van der Waals surface area contributed by atoms with Crippen LogP contribution >= 0.6 is 0 Å². The fourth-order valence-electron chi connectivity index (χ4n) is 1.89. The topological polar surface area (TPSA) is 14.2 Å². The molecule has 3 heteroatoms. The molecule has 0 aliphatic heterocycles. The van der Waals surface area contributed by atoms with Gasteiger partial charge in [0.25, 0.3) is 0 Å². The Morgan fingerprint density at radius 1 is 0.789 bits per heavy atom. The third-order valence-corrected chi connectivity index (χ3v) is 2.80. The quantitative estimate of drug-likeness (QED) is 0.674. The summed E-state index contributed by atoms with van der Waals surface area (Å²) in [6, 6.07) is 19.8. The monoisotopic (exact) mass is 253 g/mol. The minimum absolute atomic E-state index is 0.221. The van der Waals surface area contributed by atoms with Crippen LogP contribution in [-0.4, -0.2) is 4.57 Å². The average Bonchev–Trinajstić information content (AvgIpc) is 2.91. The highest BCUT2D eigenvalue weighted by molar-refractivity contribution is 5.39. The highest BCUT2D eigenvalue weighted by atomic mass is 19.1. The van der Waals surface area contributed by atoms with E-state index in [1.54, 1.807) is 24.3 Å². The predicted octanol–water partition coefficient (Wildman–Crippen LogP) is 4.41. The second-order valence-corrected chi connectivity index (χ2v) is 4.08. The maximum absolute atomic E-state index is 13.6. The number of rotatable bonds is 3. The lowest BCUT2D eigenvalue weighted by Crippen LogP contribution is -1.96. The van der Waals surface area contributed by atoms with Crippen LogP contribution < -0.4 is 4.74 Å². The van der Waals surface area contributed by atoms with E-state index in [1.807, 2.05) is 47.2 Å². The van der Waals surface area contributed by atoms with Gasteiger partial charge < -0.3 is 4.74 Å². The number of benzene rings is 2. The van der Waals surface area contributed by atoms with Crippen molar-refractivity contribution >= 4 is 0 Å². The second kappa shape index (κ2) is 4.98. The molecule has 0 bridgehead atoms. The Labute approximate surface area is 110 Å². The van der Waals surface area contributed by atoms with E-state index in [4.69, 9.17) is 4.74 Å². The van der Waals surface area contributed by atoms with E-state index in [9.17, 15) is 4.39 Å². The first-order valence-corrected chi connectivity index (χ1v) is 6.00. The molecule has 3 aromatic rings. The average molecular weight is 253 g/mol. The molecule has 2 nitrogen and oxygen atoms in total. The molecule has 0 fully saturated rings. The van der Waals surface area contributed by atoms with Crippen LogP contribution in [0, 0.1) is 5.82 Å². The minimum Gasteiger partial charge on any atom is -0.437 e. The van der Waals surface area contributed by atoms with Gasteiger partial charge in [-0.15, -0.1) is 0 Å². The zero-order valence-electron chi connectivity index (χ0n) is 10.2. The van der Waals surface area contributed by atoms with E-state index < -0.39 is 0 Å². The number of para-hydroxylation sites is 2. The van der Waals surface area contributed by atoms with Gasteiger partial charge in [0.15, 0.2) is 11.6 Å². The first-order valence-electron chi connectivity index (χ1n) is 6.00. The fourth-order valence-corrected chi connectivity index (χ4v) is 1.89. The van der Waals surface area contributed by atoms with Crippen LogP contribution in [0.2, 0.25) is 0 Å². The molecule has 94 valence electrons. The number of hydrogen-bond donors (Lipinski definition) is 0. The van der Waals surface area contributed by atoms with Crippen LogP contribution in [0.15, 0.2) is 72.9 Å². The molecule has 0 amide bonds. The summed E-state index contributed by atoms with van der Waals surface area (Å²) in [5.74, 6) is 0.429. The Balaban J connectivity index is 1.96. The summed E-state index contributed by atoms with van der Waals surface area (Å²) in [6.45, 7) is 0. The second-order valence-electron chi connectivity index (χ2n) is 4.08. The zero-order valence-corrected chi connectivity index (χ0v) is 10.2. The number of hydrogen-bond acceptors (Lipinski definition) is 1. The molecule has 0 N–H and O–H groups in total. The third kappa shape index (κ3) is 2.36. The summed E-state index contributed by atoms with van der Waals surface area (Å²) in [5.41, 5.74) is 0.971. The van der Waals surface area contributed by atoms with Gasteiger partial charge in [-0.2, -0.15) is 0 Å². The zero-order chi connectivity index (χ0) is 13.1. The van der Waals surface area contributed by atoms with Crippen molar-refractivity contribution in [2.24, 2.45) is 0 Å². The van der Waals surface area contributed by atoms with Gasteiger partial charge in [0, 0.05) is 18.0 Å². The summed E-state index contributed by atoms with van der Waals surface area (Å²) in [7, 11) is 0. The summed E-state index contributed by atoms with van der Waals surface area (Å²) in [5, 5.41) is 0. The SMILES string of the molecule is Fc1ccccc1Oc1cccn1-c1ccccc1. The lowest BCUT2D eigenvalue weighted by atomic mass is 10.3. The van der Waals surface area contributed by atoms with Crippen LogP contribution in [0.25, 0.3) is 5.69 Å². The van der Waals surface area contributed by atoms with Gasteiger partial charge in [0.05, 0.1) is 0 Å². The van der Waals surface area contributed by atoms with Crippen LogP contribution in [0.4, 0.5) is 4.39 Å². The molecule has 19 heavy (non-hydrogen) atoms. The van der Waals surface area contributed by atoms with Crippen LogP contribution in [0.5, 0.6) is 11.6 Å². The highest BCUT2D eigenvalue weighted by Crippen LogP contribution is 2.26. The molecule has 2 aromatic carbocycles. The van der Waals surface area contributed by atoms with Crippen molar-refractivity contribution in [3.63, 3.8) is 0 Å². The smallest absolute Gasteiger partial charge is 0.204 e. The Bertz CT molecular complexity index is 676. The largest absolute Gasteiger partial charge is 0.437 e. The minimum atomic E-state index is -0.372. The normalized spacial score (nSPS) is 10.4. The first kappa shape index (κ1) is 11.5. The molecule has 0 spiro atoms. The van der Waals surface area contributed by atoms with Crippen molar-refractivity contribution in [1.82, 2.24) is 4.57 Å². The van der Waals surface area contributed by atoms with E-state index in [1.165, 1.54) is 6.07 Å². The van der Waals surface area contributed by atoms with Crippen molar-refractivity contribution in [3.05, 3.63) is 78.7 Å². The first-order chi connectivity index (χ1) is 9.34. The molecule has 1 heterocycles. The Morgan fingerprint density at radius 2 is 1.53 bits per heavy atom. The van der Waals surface area contributed by atoms with Gasteiger partial charge in [0.2, 0.25) is 5.88 Å². The highest BCUT2D eigenvalue weighted by Gasteiger charge is 2.08. The Morgan fingerprint density at radius 3 is 2.32 bits per heavy atom. The Kier molecular flexibility index (Phi) is 3.02. The number of nitrogens with zero attached hydrogens (tertiary/aromatic N) is 1. The van der Waals surface area contributed by atoms with E-state index in [2.05, 4.69) is 0 Å². The molecule has 0 aliphatic carbocycles. The summed E-state index contributed by atoms with van der Waals surface area (Å²) in [4.78, 5) is 0. The predicted molar refractivity (Wildman–Crippen MR) is 72.2 cm³/mol. The molecular formula is C16H12FNO. The molecular weight excluding hydrogens is 241 g/mol. The number of aromatic nitrogens is 1. The van der Waals surface area contributed by atoms with Crippen molar-refractivity contribution in [1.29, 1.82) is 0 Å². The fraction of sp³-hybridized carbons (Fsp3) is 0. The van der Waals surface area contributed by atoms with Gasteiger partial charge in [-0.05, 0) is 30.3 Å². The molecule has 0 aliphatic rings. The van der Waals surface area contributed by atoms with Crippen molar-refractivity contribution < 1.29 is 9.13 Å². The molecule has 1 aromatic heterocycles. The van der Waals surface area contributed by atoms with Gasteiger partial charge in [-0.25, -0.2) is 4.39 Å². The van der Waals surface area contributed by atoms with Gasteiger partial charge in [-0.3, -0.25) is 4.57 Å². The van der Waals surface area contributed by atoms with Gasteiger partial charge >= 0.3 is 0 Å². The summed E-state index contributed by atoms with van der Waals surface area (Å²) in [6.07, 6.45) is 1.88. The summed E-state index contributed by atoms with van der Waals surface area (Å²) >= 11 is 0. The van der Waals surface area contributed by atoms with Gasteiger partial charge in [-0.1, -0.05) is 30.3 Å². The summed E-state index contributed by atoms with van der Waals surface area (Å²) < 4.78 is 21.1. The van der Waals surface area contributed by atoms with Crippen molar-refractivity contribution in [3.8, 4) is 17.3 Å². The molecule has 0 radical (unpaired) electrons. The van der Waals surface area contributed by atoms with E-state index in [-0.39, 0.29) is 11.6 Å². The number of ether oxygens (including phenoxy) is 1. The molecule has 3 rings (SSSR count). The third-order valence-electron chi connectivity index (χ3n) is 2.80. The van der Waals surface area contributed by atoms with Crippen molar-refractivity contribution in [2.45, 2.75) is 0 Å². The van der Waals surface area contributed by atoms with Crippen molar-refractivity contribution in [2.75, 3.05) is 0 Å². The maximum Gasteiger partial charge on any atom is 0.204 e. The van der Waals surface area contributed by atoms with Crippen LogP contribution in [-0.2, 0) is 0 Å². The lowest BCUT2D eigenvalue weighted by Gasteiger charge is -2.10. The standard InChI is InChI=1S/C16H12FNO/c17-14-9-4-5-10-15(14)19-16-11-6-12-18(16)13-7-2-1-3-8-13/h1-12H. The molecule has 0 atom stereocenters. The molecule has 0 unspecified atom stereocenters. The van der Waals surface area contributed by atoms with Crippen LogP contribution in [0.1, 0.15) is 0 Å². The molecule has 0 saturated carbocycles. The van der Waals surface area contributed by atoms with E-state index in [0.717, 1.165) is 5.69 Å². The maximum atomic E-state index is 13.6.